The van der Waals surface area contributed by atoms with Gasteiger partial charge in [-0.1, -0.05) is 5.69 Å². The van der Waals surface area contributed by atoms with Gasteiger partial charge in [-0.2, -0.15) is 39.6 Å². The van der Waals surface area contributed by atoms with Gasteiger partial charge in [-0.3, -0.25) is 0 Å². The van der Waals surface area contributed by atoms with E-state index in [1.54, 1.807) is 0 Å². The number of anilines is 1. The number of hydrogen-bond donors (Lipinski definition) is 1. The maximum absolute atomic E-state index is 5.42. The van der Waals surface area contributed by atoms with E-state index in [2.05, 4.69) is 9.24 Å². The van der Waals surface area contributed by atoms with Crippen molar-refractivity contribution in [3.05, 3.63) is 48.5 Å². The first-order valence-electron chi connectivity index (χ1n) is 3.74. The molecule has 2 aromatic carbocycles. The first kappa shape index (κ1) is 12.4. The molecule has 0 fully saturated rings. The molecule has 70 valence electrons. The minimum Gasteiger partial charge on any atom is -0.420 e. The molecule has 1 atom stereocenters. The molecule has 13 heavy (non-hydrogen) atoms. The van der Waals surface area contributed by atoms with Gasteiger partial charge in [0, 0.05) is 0 Å². The Hall–Kier alpha value is -0.551. The molecule has 0 bridgehead atoms. The Bertz CT molecular complexity index is 267. The molecule has 0 heterocycles. The molecule has 0 aromatic heterocycles. The molecule has 1 unspecified atom stereocenters. The molecular weight excluding hydrogens is 221 g/mol. The van der Waals surface area contributed by atoms with Crippen molar-refractivity contribution in [2.75, 3.05) is 5.73 Å². The summed E-state index contributed by atoms with van der Waals surface area (Å²) in [6.07, 6.45) is 0. The van der Waals surface area contributed by atoms with E-state index in [1.807, 2.05) is 48.5 Å². The number of hydrogen-bond acceptors (Lipinski definition) is 1. The van der Waals surface area contributed by atoms with Crippen molar-refractivity contribution in [1.82, 2.24) is 0 Å². The summed E-state index contributed by atoms with van der Waals surface area (Å²) in [7, 11) is 2.55. The number of nitrogen functional groups attached to an aromatic ring is 1. The van der Waals surface area contributed by atoms with Crippen LogP contribution >= 0.6 is 9.24 Å². The third-order valence-corrected chi connectivity index (χ3v) is 1.97. The van der Waals surface area contributed by atoms with Gasteiger partial charge < -0.3 is 5.73 Å². The van der Waals surface area contributed by atoms with E-state index in [-0.39, 0.29) is 17.1 Å². The summed E-state index contributed by atoms with van der Waals surface area (Å²) in [6, 6.07) is 15.8. The van der Waals surface area contributed by atoms with Gasteiger partial charge in [0.05, 0.1) is 0 Å². The van der Waals surface area contributed by atoms with Crippen molar-refractivity contribution in [2.24, 2.45) is 0 Å². The molecule has 2 N–H and O–H groups in total. The molecule has 2 rings (SSSR count). The summed E-state index contributed by atoms with van der Waals surface area (Å²) in [5.41, 5.74) is 6.27. The van der Waals surface area contributed by atoms with Crippen molar-refractivity contribution < 1.29 is 17.1 Å². The van der Waals surface area contributed by atoms with E-state index in [9.17, 15) is 0 Å². The smallest absolute Gasteiger partial charge is 0.420 e. The molecule has 0 saturated carbocycles. The fourth-order valence-electron chi connectivity index (χ4n) is 0.769. The molecule has 0 spiro atoms. The standard InChI is InChI=1S/C5H7NP.C5H5.Fe/c6-4-2-1-3-5(4)7;1-2-4-5-3-1;/h1-3H,6-7H2;1-5H;/q2*-1;+2. The van der Waals surface area contributed by atoms with Gasteiger partial charge in [-0.25, -0.2) is 18.2 Å². The Morgan fingerprint density at radius 1 is 1.23 bits per heavy atom. The van der Waals surface area contributed by atoms with Crippen LogP contribution in [0.2, 0.25) is 0 Å². The van der Waals surface area contributed by atoms with Crippen LogP contribution in [0.25, 0.3) is 0 Å². The molecule has 3 heteroatoms. The largest absolute Gasteiger partial charge is 2.00 e. The van der Waals surface area contributed by atoms with E-state index in [0.29, 0.717) is 0 Å². The molecule has 0 radical (unpaired) electrons. The Labute approximate surface area is 91.7 Å². The first-order valence-corrected chi connectivity index (χ1v) is 4.32. The molecule has 0 aliphatic carbocycles. The van der Waals surface area contributed by atoms with Crippen molar-refractivity contribution in [2.45, 2.75) is 0 Å². The first-order chi connectivity index (χ1) is 5.80. The molecular formula is C10H12FeNP. The average molecular weight is 233 g/mol. The Balaban J connectivity index is 0.000000215. The normalized spacial score (nSPS) is 8.08. The third-order valence-electron chi connectivity index (χ3n) is 1.44. The zero-order chi connectivity index (χ0) is 8.81. The van der Waals surface area contributed by atoms with Crippen molar-refractivity contribution in [3.8, 4) is 0 Å². The van der Waals surface area contributed by atoms with Crippen molar-refractivity contribution in [3.63, 3.8) is 0 Å². The predicted molar refractivity (Wildman–Crippen MR) is 57.8 cm³/mol. The van der Waals surface area contributed by atoms with Crippen molar-refractivity contribution in [1.29, 1.82) is 0 Å². The molecule has 0 saturated heterocycles. The quantitative estimate of drug-likeness (QED) is 0.419. The maximum atomic E-state index is 5.42. The van der Waals surface area contributed by atoms with E-state index in [4.69, 9.17) is 5.73 Å². The van der Waals surface area contributed by atoms with Crippen LogP contribution in [-0.4, -0.2) is 0 Å². The molecule has 0 amide bonds. The van der Waals surface area contributed by atoms with E-state index >= 15 is 0 Å². The van der Waals surface area contributed by atoms with Gasteiger partial charge >= 0.3 is 17.1 Å². The second kappa shape index (κ2) is 6.91. The topological polar surface area (TPSA) is 26.0 Å². The van der Waals surface area contributed by atoms with Gasteiger partial charge in [0.1, 0.15) is 0 Å². The second-order valence-electron chi connectivity index (χ2n) is 2.40. The zero-order valence-electron chi connectivity index (χ0n) is 7.13. The van der Waals surface area contributed by atoms with Crippen molar-refractivity contribution >= 4 is 20.2 Å². The molecule has 0 aliphatic rings. The molecule has 1 nitrogen and oxygen atoms in total. The van der Waals surface area contributed by atoms with Gasteiger partial charge in [0.25, 0.3) is 0 Å². The maximum Gasteiger partial charge on any atom is 2.00 e. The van der Waals surface area contributed by atoms with Crippen LogP contribution in [0, 0.1) is 0 Å². The SMILES string of the molecule is Nc1ccc[c-]1P.[Fe+2].c1cc[cH-]c1. The second-order valence-corrected chi connectivity index (χ2v) is 3.02. The monoisotopic (exact) mass is 233 g/mol. The summed E-state index contributed by atoms with van der Waals surface area (Å²) in [5.74, 6) is 0. The van der Waals surface area contributed by atoms with E-state index < -0.39 is 0 Å². The molecule has 2 aromatic rings. The van der Waals surface area contributed by atoms with E-state index in [0.717, 1.165) is 11.0 Å². The van der Waals surface area contributed by atoms with Gasteiger partial charge in [0.15, 0.2) is 0 Å². The van der Waals surface area contributed by atoms with Crippen LogP contribution in [0.1, 0.15) is 0 Å². The summed E-state index contributed by atoms with van der Waals surface area (Å²) >= 11 is 0. The predicted octanol–water partition coefficient (Wildman–Crippen LogP) is 1.89. The number of rotatable bonds is 0. The van der Waals surface area contributed by atoms with Crippen LogP contribution in [0.15, 0.2) is 48.5 Å². The minimum absolute atomic E-state index is 0. The van der Waals surface area contributed by atoms with Gasteiger partial charge in [-0.05, 0) is 0 Å². The molecule has 0 aliphatic heterocycles. The van der Waals surface area contributed by atoms with Crippen LogP contribution in [-0.2, 0) is 17.1 Å². The van der Waals surface area contributed by atoms with E-state index in [1.165, 1.54) is 0 Å². The van der Waals surface area contributed by atoms with Crippen LogP contribution in [0.5, 0.6) is 0 Å². The Morgan fingerprint density at radius 3 is 2.00 bits per heavy atom. The summed E-state index contributed by atoms with van der Waals surface area (Å²) in [5, 5.41) is 1.08. The summed E-state index contributed by atoms with van der Waals surface area (Å²) in [4.78, 5) is 0. The summed E-state index contributed by atoms with van der Waals surface area (Å²) in [6.45, 7) is 0. The number of nitrogens with two attached hydrogens (primary N) is 1. The minimum atomic E-state index is 0. The average Bonchev–Trinajstić information content (AvgIpc) is 2.67. The van der Waals surface area contributed by atoms with Gasteiger partial charge in [-0.15, -0.1) is 5.30 Å². The van der Waals surface area contributed by atoms with Crippen LogP contribution in [0.4, 0.5) is 5.69 Å². The summed E-state index contributed by atoms with van der Waals surface area (Å²) < 4.78 is 0. The fourth-order valence-corrected chi connectivity index (χ4v) is 0.976. The third kappa shape index (κ3) is 4.90. The zero-order valence-corrected chi connectivity index (χ0v) is 9.39. The Morgan fingerprint density at radius 2 is 1.85 bits per heavy atom. The Kier molecular flexibility index (Phi) is 6.62. The van der Waals surface area contributed by atoms with Gasteiger partial charge in [0.2, 0.25) is 0 Å². The van der Waals surface area contributed by atoms with Crippen LogP contribution in [0.3, 0.4) is 0 Å². The van der Waals surface area contributed by atoms with Crippen LogP contribution < -0.4 is 11.0 Å². The fraction of sp³-hybridized carbons (Fsp3) is 0.